The molecule has 0 saturated carbocycles. The van der Waals surface area contributed by atoms with Crippen molar-refractivity contribution in [3.8, 4) is 11.5 Å². The molecule has 2 heterocycles. The highest BCUT2D eigenvalue weighted by atomic mass is 19.1. The third-order valence-electron chi connectivity index (χ3n) is 6.25. The molecule has 1 aromatic heterocycles. The van der Waals surface area contributed by atoms with Gasteiger partial charge in [-0.25, -0.2) is 13.2 Å². The number of ether oxygens (including phenoxy) is 2. The number of hydrogen-bond donors (Lipinski definition) is 1. The van der Waals surface area contributed by atoms with Gasteiger partial charge in [0, 0.05) is 40.8 Å². The number of benzene rings is 3. The lowest BCUT2D eigenvalue weighted by molar-refractivity contribution is 0.0680. The molecule has 8 heteroatoms. The third kappa shape index (κ3) is 3.46. The molecule has 0 bridgehead atoms. The number of carbonyl (C=O) groups is 1. The van der Waals surface area contributed by atoms with Gasteiger partial charge in [0.1, 0.15) is 40.6 Å². The van der Waals surface area contributed by atoms with Crippen molar-refractivity contribution >= 4 is 16.8 Å². The van der Waals surface area contributed by atoms with E-state index in [2.05, 4.69) is 4.98 Å². The molecule has 0 radical (unpaired) electrons. The minimum Gasteiger partial charge on any atom is -0.497 e. The molecule has 1 aliphatic rings. The van der Waals surface area contributed by atoms with Gasteiger partial charge in [-0.15, -0.1) is 0 Å². The van der Waals surface area contributed by atoms with Crippen molar-refractivity contribution in [1.82, 2.24) is 9.88 Å². The van der Waals surface area contributed by atoms with Crippen LogP contribution in [-0.4, -0.2) is 36.6 Å². The molecule has 5 nitrogen and oxygen atoms in total. The first-order valence-corrected chi connectivity index (χ1v) is 10.7. The molecular weight excluding hydrogens is 445 g/mol. The predicted molar refractivity (Wildman–Crippen MR) is 121 cm³/mol. The zero-order chi connectivity index (χ0) is 24.0. The molecule has 34 heavy (non-hydrogen) atoms. The second-order valence-corrected chi connectivity index (χ2v) is 8.07. The zero-order valence-electron chi connectivity index (χ0n) is 18.5. The Morgan fingerprint density at radius 1 is 1.00 bits per heavy atom. The molecule has 174 valence electrons. The number of nitrogens with one attached hydrogen (secondary N) is 1. The van der Waals surface area contributed by atoms with E-state index in [1.807, 2.05) is 24.3 Å². The average molecular weight is 466 g/mol. The van der Waals surface area contributed by atoms with E-state index >= 15 is 0 Å². The number of rotatable bonds is 4. The Bertz CT molecular complexity index is 1390. The minimum absolute atomic E-state index is 0.189. The van der Waals surface area contributed by atoms with Crippen LogP contribution in [0.25, 0.3) is 10.9 Å². The predicted octanol–water partition coefficient (Wildman–Crippen LogP) is 5.39. The number of aromatic nitrogens is 1. The van der Waals surface area contributed by atoms with Gasteiger partial charge >= 0.3 is 0 Å². The Kier molecular flexibility index (Phi) is 5.43. The maximum Gasteiger partial charge on any atom is 0.260 e. The minimum atomic E-state index is -1.24. The van der Waals surface area contributed by atoms with Gasteiger partial charge in [-0.2, -0.15) is 0 Å². The fourth-order valence-corrected chi connectivity index (χ4v) is 4.72. The molecule has 0 spiro atoms. The number of aromatic amines is 1. The van der Waals surface area contributed by atoms with Crippen LogP contribution in [-0.2, 0) is 6.42 Å². The zero-order valence-corrected chi connectivity index (χ0v) is 18.5. The van der Waals surface area contributed by atoms with Crippen LogP contribution in [0.15, 0.2) is 54.6 Å². The summed E-state index contributed by atoms with van der Waals surface area (Å²) >= 11 is 0. The van der Waals surface area contributed by atoms with Crippen LogP contribution in [0, 0.1) is 17.5 Å². The van der Waals surface area contributed by atoms with Crippen molar-refractivity contribution in [2.24, 2.45) is 0 Å². The van der Waals surface area contributed by atoms with E-state index in [0.717, 1.165) is 22.2 Å². The lowest BCUT2D eigenvalue weighted by Gasteiger charge is -2.37. The Balaban J connectivity index is 1.71. The van der Waals surface area contributed by atoms with Crippen LogP contribution in [0.2, 0.25) is 0 Å². The van der Waals surface area contributed by atoms with Crippen molar-refractivity contribution in [3.05, 3.63) is 94.4 Å². The van der Waals surface area contributed by atoms with Crippen LogP contribution in [0.1, 0.15) is 33.2 Å². The monoisotopic (exact) mass is 466 g/mol. The summed E-state index contributed by atoms with van der Waals surface area (Å²) in [7, 11) is 3.11. The molecule has 0 fully saturated rings. The number of halogens is 3. The highest BCUT2D eigenvalue weighted by molar-refractivity contribution is 5.96. The normalized spacial score (nSPS) is 15.3. The summed E-state index contributed by atoms with van der Waals surface area (Å²) in [5.41, 5.74) is 2.41. The fourth-order valence-electron chi connectivity index (χ4n) is 4.72. The Labute approximate surface area is 193 Å². The summed E-state index contributed by atoms with van der Waals surface area (Å²) in [6.45, 7) is 0.189. The fraction of sp³-hybridized carbons (Fsp3) is 0.192. The van der Waals surface area contributed by atoms with Gasteiger partial charge in [0.2, 0.25) is 0 Å². The van der Waals surface area contributed by atoms with E-state index in [0.29, 0.717) is 35.6 Å². The molecule has 0 saturated heterocycles. The number of para-hydroxylation sites is 1. The van der Waals surface area contributed by atoms with E-state index in [1.54, 1.807) is 25.3 Å². The van der Waals surface area contributed by atoms with Gasteiger partial charge < -0.3 is 19.4 Å². The van der Waals surface area contributed by atoms with Gasteiger partial charge in [-0.1, -0.05) is 18.2 Å². The SMILES string of the molecule is COc1ccc2[nH]c3c(c2c1)CCN(C(=O)c1c(F)cc(F)cc1F)[C@@H]3c1ccccc1OC. The Hall–Kier alpha value is -3.94. The second-order valence-electron chi connectivity index (χ2n) is 8.07. The quantitative estimate of drug-likeness (QED) is 0.439. The van der Waals surface area contributed by atoms with Crippen molar-refractivity contribution in [2.75, 3.05) is 20.8 Å². The summed E-state index contributed by atoms with van der Waals surface area (Å²) in [5, 5.41) is 0.945. The smallest absolute Gasteiger partial charge is 0.260 e. The van der Waals surface area contributed by atoms with Crippen molar-refractivity contribution < 1.29 is 27.4 Å². The number of carbonyl (C=O) groups excluding carboxylic acids is 1. The van der Waals surface area contributed by atoms with E-state index in [-0.39, 0.29) is 6.54 Å². The molecule has 4 aromatic rings. The number of amides is 1. The first-order chi connectivity index (χ1) is 16.4. The van der Waals surface area contributed by atoms with Crippen LogP contribution in [0.3, 0.4) is 0 Å². The van der Waals surface area contributed by atoms with Crippen LogP contribution in [0.4, 0.5) is 13.2 Å². The molecule has 1 amide bonds. The topological polar surface area (TPSA) is 54.6 Å². The van der Waals surface area contributed by atoms with E-state index in [1.165, 1.54) is 12.0 Å². The molecule has 1 atom stereocenters. The summed E-state index contributed by atoms with van der Waals surface area (Å²) in [4.78, 5) is 18.3. The summed E-state index contributed by atoms with van der Waals surface area (Å²) in [6.07, 6.45) is 0.449. The van der Waals surface area contributed by atoms with Crippen molar-refractivity contribution in [3.63, 3.8) is 0 Å². The first-order valence-electron chi connectivity index (χ1n) is 10.7. The number of fused-ring (bicyclic) bond motifs is 3. The third-order valence-corrected chi connectivity index (χ3v) is 6.25. The molecule has 0 aliphatic carbocycles. The molecular formula is C26H21F3N2O3. The van der Waals surface area contributed by atoms with Gasteiger partial charge in [0.05, 0.1) is 14.2 Å². The van der Waals surface area contributed by atoms with Gasteiger partial charge in [0.25, 0.3) is 5.91 Å². The summed E-state index contributed by atoms with van der Waals surface area (Å²) < 4.78 is 53.5. The van der Waals surface area contributed by atoms with Crippen LogP contribution < -0.4 is 9.47 Å². The summed E-state index contributed by atoms with van der Waals surface area (Å²) in [5.74, 6) is -3.22. The van der Waals surface area contributed by atoms with Crippen LogP contribution in [0.5, 0.6) is 11.5 Å². The average Bonchev–Trinajstić information content (AvgIpc) is 3.20. The Morgan fingerprint density at radius 2 is 1.74 bits per heavy atom. The summed E-state index contributed by atoms with van der Waals surface area (Å²) in [6, 6.07) is 13.1. The van der Waals surface area contributed by atoms with Crippen molar-refractivity contribution in [2.45, 2.75) is 12.5 Å². The first kappa shape index (κ1) is 21.9. The van der Waals surface area contributed by atoms with E-state index in [9.17, 15) is 18.0 Å². The maximum absolute atomic E-state index is 14.6. The highest BCUT2D eigenvalue weighted by Crippen LogP contribution is 2.42. The lowest BCUT2D eigenvalue weighted by atomic mass is 9.91. The largest absolute Gasteiger partial charge is 0.497 e. The molecule has 5 rings (SSSR count). The second kappa shape index (κ2) is 8.44. The van der Waals surface area contributed by atoms with Gasteiger partial charge in [-0.3, -0.25) is 4.79 Å². The van der Waals surface area contributed by atoms with Gasteiger partial charge in [0.15, 0.2) is 0 Å². The number of H-pyrrole nitrogens is 1. The lowest BCUT2D eigenvalue weighted by Crippen LogP contribution is -2.41. The van der Waals surface area contributed by atoms with Gasteiger partial charge in [-0.05, 0) is 36.2 Å². The molecule has 1 N–H and O–H groups in total. The molecule has 1 aliphatic heterocycles. The number of hydrogen-bond acceptors (Lipinski definition) is 3. The van der Waals surface area contributed by atoms with E-state index in [4.69, 9.17) is 9.47 Å². The Morgan fingerprint density at radius 3 is 2.44 bits per heavy atom. The highest BCUT2D eigenvalue weighted by Gasteiger charge is 2.38. The van der Waals surface area contributed by atoms with Crippen LogP contribution >= 0.6 is 0 Å². The van der Waals surface area contributed by atoms with Crippen molar-refractivity contribution in [1.29, 1.82) is 0 Å². The maximum atomic E-state index is 14.6. The number of nitrogens with zero attached hydrogens (tertiary/aromatic N) is 1. The van der Waals surface area contributed by atoms with E-state index < -0.39 is 35.0 Å². The standard InChI is InChI=1S/C26H21F3N2O3/c1-33-15-7-8-21-18(13-15)16-9-10-31(26(32)23-19(28)11-14(27)12-20(23)29)25(24(16)30-21)17-5-3-4-6-22(17)34-2/h3-8,11-13,25,30H,9-10H2,1-2H3/t25-/m1/s1. The molecule has 0 unspecified atom stereocenters. The number of methoxy groups -OCH3 is 2. The molecule has 3 aromatic carbocycles.